The monoisotopic (exact) mass is 317 g/mol. The average molecular weight is 317 g/mol. The van der Waals surface area contributed by atoms with Crippen molar-refractivity contribution in [3.63, 3.8) is 0 Å². The number of rotatable bonds is 5. The second kappa shape index (κ2) is 6.67. The van der Waals surface area contributed by atoms with Crippen LogP contribution in [0.5, 0.6) is 0 Å². The number of fused-ring (bicyclic) bond motifs is 1. The lowest BCUT2D eigenvalue weighted by atomic mass is 10.0. The molecule has 2 aromatic heterocycles. The lowest BCUT2D eigenvalue weighted by molar-refractivity contribution is 0.101. The molecule has 0 bridgehead atoms. The number of hydrogen-bond acceptors (Lipinski definition) is 3. The molecule has 4 heteroatoms. The molecule has 0 saturated carbocycles. The van der Waals surface area contributed by atoms with E-state index in [2.05, 4.69) is 22.5 Å². The van der Waals surface area contributed by atoms with Gasteiger partial charge in [-0.15, -0.1) is 0 Å². The van der Waals surface area contributed by atoms with Gasteiger partial charge >= 0.3 is 0 Å². The third-order valence-corrected chi connectivity index (χ3v) is 4.25. The van der Waals surface area contributed by atoms with Crippen LogP contribution in [0.4, 0.5) is 0 Å². The van der Waals surface area contributed by atoms with Crippen LogP contribution < -0.4 is 0 Å². The van der Waals surface area contributed by atoms with E-state index in [1.54, 1.807) is 13.1 Å². The van der Waals surface area contributed by atoms with Crippen molar-refractivity contribution < 1.29 is 4.79 Å². The first-order valence-electron chi connectivity index (χ1n) is 8.11. The van der Waals surface area contributed by atoms with Gasteiger partial charge in [0.15, 0.2) is 5.78 Å². The summed E-state index contributed by atoms with van der Waals surface area (Å²) in [5.74, 6) is 0.00271. The second-order valence-corrected chi connectivity index (χ2v) is 5.90. The first kappa shape index (κ1) is 15.9. The van der Waals surface area contributed by atoms with Crippen molar-refractivity contribution in [1.29, 1.82) is 5.26 Å². The summed E-state index contributed by atoms with van der Waals surface area (Å²) < 4.78 is 2.08. The fraction of sp³-hybridized carbons (Fsp3) is 0.250. The van der Waals surface area contributed by atoms with E-state index in [-0.39, 0.29) is 5.78 Å². The molecule has 0 radical (unpaired) electrons. The molecule has 0 N–H and O–H groups in total. The maximum atomic E-state index is 11.9. The van der Waals surface area contributed by atoms with Crippen LogP contribution in [0.25, 0.3) is 10.9 Å². The number of carbonyl (C=O) groups is 1. The van der Waals surface area contributed by atoms with E-state index in [1.165, 1.54) is 0 Å². The number of carbonyl (C=O) groups excluding carboxylic acids is 1. The maximum Gasteiger partial charge on any atom is 0.178 e. The number of nitrogens with zero attached hydrogens (tertiary/aromatic N) is 3. The van der Waals surface area contributed by atoms with Crippen LogP contribution in [0.3, 0.4) is 0 Å². The second-order valence-electron chi connectivity index (χ2n) is 5.90. The molecule has 24 heavy (non-hydrogen) atoms. The van der Waals surface area contributed by atoms with Crippen LogP contribution in [0, 0.1) is 11.3 Å². The third kappa shape index (κ3) is 2.81. The molecular formula is C20H19N3O. The molecule has 2 heterocycles. The lowest BCUT2D eigenvalue weighted by Gasteiger charge is -2.10. The minimum atomic E-state index is 0.00271. The van der Waals surface area contributed by atoms with E-state index in [9.17, 15) is 10.1 Å². The molecule has 0 fully saturated rings. The summed E-state index contributed by atoms with van der Waals surface area (Å²) in [4.78, 5) is 16.3. The minimum absolute atomic E-state index is 0.00271. The molecule has 0 spiro atoms. The van der Waals surface area contributed by atoms with Crippen LogP contribution in [0.1, 0.15) is 47.4 Å². The quantitative estimate of drug-likeness (QED) is 0.665. The third-order valence-electron chi connectivity index (χ3n) is 4.25. The van der Waals surface area contributed by atoms with Gasteiger partial charge in [-0.3, -0.25) is 9.78 Å². The molecule has 0 aliphatic carbocycles. The Kier molecular flexibility index (Phi) is 4.43. The minimum Gasteiger partial charge on any atom is -0.342 e. The number of benzene rings is 1. The fourth-order valence-electron chi connectivity index (χ4n) is 3.11. The largest absolute Gasteiger partial charge is 0.342 e. The number of Topliss-reactive ketones (excluding diaryl/α,β-unsaturated/α-hetero) is 1. The predicted molar refractivity (Wildman–Crippen MR) is 94.0 cm³/mol. The first-order valence-corrected chi connectivity index (χ1v) is 8.11. The molecule has 4 nitrogen and oxygen atoms in total. The standard InChI is InChI=1S/C20H19N3O/c1-3-6-18-17-9-10-23(19(17)12-22-20(18)14(2)24)13-16-8-5-4-7-15(16)11-21/h4-5,7-10,12H,3,6,13H2,1-2H3. The van der Waals surface area contributed by atoms with Gasteiger partial charge in [-0.2, -0.15) is 5.26 Å². The smallest absolute Gasteiger partial charge is 0.178 e. The fourth-order valence-corrected chi connectivity index (χ4v) is 3.11. The Morgan fingerprint density at radius 1 is 1.29 bits per heavy atom. The van der Waals surface area contributed by atoms with Crippen LogP contribution in [-0.2, 0) is 13.0 Å². The van der Waals surface area contributed by atoms with Gasteiger partial charge in [-0.25, -0.2) is 0 Å². The summed E-state index contributed by atoms with van der Waals surface area (Å²) in [6.07, 6.45) is 5.56. The Morgan fingerprint density at radius 3 is 2.79 bits per heavy atom. The van der Waals surface area contributed by atoms with Gasteiger partial charge in [0, 0.05) is 25.1 Å². The van der Waals surface area contributed by atoms with Crippen molar-refractivity contribution in [3.8, 4) is 6.07 Å². The molecule has 0 unspecified atom stereocenters. The number of hydrogen-bond donors (Lipinski definition) is 0. The van der Waals surface area contributed by atoms with E-state index < -0.39 is 0 Å². The Labute approximate surface area is 141 Å². The van der Waals surface area contributed by atoms with E-state index in [0.717, 1.165) is 34.9 Å². The molecule has 0 aliphatic rings. The number of aromatic nitrogens is 2. The summed E-state index contributed by atoms with van der Waals surface area (Å²) in [7, 11) is 0. The highest BCUT2D eigenvalue weighted by atomic mass is 16.1. The van der Waals surface area contributed by atoms with Crippen molar-refractivity contribution in [2.24, 2.45) is 0 Å². The Balaban J connectivity index is 2.10. The van der Waals surface area contributed by atoms with Crippen molar-refractivity contribution in [1.82, 2.24) is 9.55 Å². The number of pyridine rings is 1. The van der Waals surface area contributed by atoms with Gasteiger partial charge < -0.3 is 4.57 Å². The Morgan fingerprint density at radius 2 is 2.08 bits per heavy atom. The molecule has 0 amide bonds. The Bertz CT molecular complexity index is 947. The summed E-state index contributed by atoms with van der Waals surface area (Å²) in [6.45, 7) is 4.27. The highest BCUT2D eigenvalue weighted by Crippen LogP contribution is 2.25. The zero-order valence-electron chi connectivity index (χ0n) is 13.9. The van der Waals surface area contributed by atoms with Gasteiger partial charge in [-0.05, 0) is 29.7 Å². The first-order chi connectivity index (χ1) is 11.7. The van der Waals surface area contributed by atoms with Crippen molar-refractivity contribution in [2.45, 2.75) is 33.2 Å². The summed E-state index contributed by atoms with van der Waals surface area (Å²) >= 11 is 0. The number of aryl methyl sites for hydroxylation is 1. The molecule has 3 aromatic rings. The van der Waals surface area contributed by atoms with Crippen LogP contribution in [-0.4, -0.2) is 15.3 Å². The van der Waals surface area contributed by atoms with Crippen molar-refractivity contribution in [3.05, 3.63) is 65.1 Å². The summed E-state index contributed by atoms with van der Waals surface area (Å²) in [6, 6.07) is 11.9. The SMILES string of the molecule is CCCc1c(C(C)=O)ncc2c1ccn2Cc1ccccc1C#N. The summed E-state index contributed by atoms with van der Waals surface area (Å²) in [5.41, 5.74) is 4.25. The van der Waals surface area contributed by atoms with Gasteiger partial charge in [0.1, 0.15) is 5.69 Å². The van der Waals surface area contributed by atoms with Crippen LogP contribution in [0.15, 0.2) is 42.7 Å². The lowest BCUT2D eigenvalue weighted by Crippen LogP contribution is -2.05. The normalized spacial score (nSPS) is 10.7. The molecule has 0 saturated heterocycles. The maximum absolute atomic E-state index is 11.9. The highest BCUT2D eigenvalue weighted by Gasteiger charge is 2.15. The number of nitriles is 1. The highest BCUT2D eigenvalue weighted by molar-refractivity contribution is 5.98. The van der Waals surface area contributed by atoms with Crippen LogP contribution in [0.2, 0.25) is 0 Å². The van der Waals surface area contributed by atoms with Crippen molar-refractivity contribution >= 4 is 16.7 Å². The van der Waals surface area contributed by atoms with E-state index in [0.29, 0.717) is 17.8 Å². The van der Waals surface area contributed by atoms with Crippen molar-refractivity contribution in [2.75, 3.05) is 0 Å². The number of ketones is 1. The average Bonchev–Trinajstić information content (AvgIpc) is 2.99. The van der Waals surface area contributed by atoms with E-state index >= 15 is 0 Å². The molecule has 3 rings (SSSR count). The zero-order chi connectivity index (χ0) is 17.1. The molecule has 1 aromatic carbocycles. The zero-order valence-corrected chi connectivity index (χ0v) is 13.9. The predicted octanol–water partition coefficient (Wildman–Crippen LogP) is 4.11. The Hall–Kier alpha value is -2.93. The molecule has 0 aliphatic heterocycles. The van der Waals surface area contributed by atoms with Gasteiger partial charge in [0.05, 0.1) is 23.3 Å². The van der Waals surface area contributed by atoms with Gasteiger partial charge in [0.2, 0.25) is 0 Å². The van der Waals surface area contributed by atoms with E-state index in [4.69, 9.17) is 0 Å². The molecule has 120 valence electrons. The van der Waals surface area contributed by atoms with Gasteiger partial charge in [0.25, 0.3) is 0 Å². The molecule has 0 atom stereocenters. The van der Waals surface area contributed by atoms with Gasteiger partial charge in [-0.1, -0.05) is 31.5 Å². The molecular weight excluding hydrogens is 298 g/mol. The topological polar surface area (TPSA) is 58.7 Å². The summed E-state index contributed by atoms with van der Waals surface area (Å²) in [5, 5.41) is 10.3. The van der Waals surface area contributed by atoms with Crippen LogP contribution >= 0.6 is 0 Å². The van der Waals surface area contributed by atoms with E-state index in [1.807, 2.05) is 36.5 Å².